The van der Waals surface area contributed by atoms with Crippen LogP contribution in [0.5, 0.6) is 11.6 Å². The zero-order valence-electron chi connectivity index (χ0n) is 10.7. The van der Waals surface area contributed by atoms with Crippen molar-refractivity contribution in [2.24, 2.45) is 0 Å². The second kappa shape index (κ2) is 5.43. The summed E-state index contributed by atoms with van der Waals surface area (Å²) in [6.07, 6.45) is 0. The minimum Gasteiger partial charge on any atom is -0.497 e. The van der Waals surface area contributed by atoms with Crippen molar-refractivity contribution in [3.05, 3.63) is 46.0 Å². The Balaban J connectivity index is 2.12. The van der Waals surface area contributed by atoms with Gasteiger partial charge in [-0.3, -0.25) is 4.79 Å². The number of aromatic hydroxyl groups is 1. The molecular formula is C13H15N3O3. The van der Waals surface area contributed by atoms with Crippen LogP contribution in [0.2, 0.25) is 0 Å². The Morgan fingerprint density at radius 2 is 2.05 bits per heavy atom. The first-order chi connectivity index (χ1) is 9.10. The summed E-state index contributed by atoms with van der Waals surface area (Å²) in [7, 11) is 1.60. The van der Waals surface area contributed by atoms with Crippen molar-refractivity contribution >= 4 is 5.69 Å². The maximum absolute atomic E-state index is 11.6. The lowest BCUT2D eigenvalue weighted by atomic mass is 10.2. The van der Waals surface area contributed by atoms with Crippen molar-refractivity contribution in [3.63, 3.8) is 0 Å². The molecule has 0 saturated carbocycles. The van der Waals surface area contributed by atoms with Gasteiger partial charge in [-0.25, -0.2) is 0 Å². The van der Waals surface area contributed by atoms with Gasteiger partial charge < -0.3 is 20.1 Å². The molecule has 0 radical (unpaired) electrons. The molecule has 2 rings (SSSR count). The zero-order chi connectivity index (χ0) is 13.8. The average Bonchev–Trinajstić information content (AvgIpc) is 2.38. The van der Waals surface area contributed by atoms with E-state index in [1.807, 2.05) is 24.3 Å². The lowest BCUT2D eigenvalue weighted by Gasteiger charge is -2.08. The molecule has 6 nitrogen and oxygen atoms in total. The number of H-pyrrole nitrogens is 1. The molecule has 19 heavy (non-hydrogen) atoms. The van der Waals surface area contributed by atoms with Crippen LogP contribution in [0.4, 0.5) is 5.69 Å². The Bertz CT molecular complexity index is 620. The molecule has 0 amide bonds. The molecule has 0 aliphatic carbocycles. The van der Waals surface area contributed by atoms with Crippen molar-refractivity contribution < 1.29 is 9.84 Å². The highest BCUT2D eigenvalue weighted by atomic mass is 16.5. The number of anilines is 1. The van der Waals surface area contributed by atoms with E-state index in [1.165, 1.54) is 0 Å². The normalized spacial score (nSPS) is 10.2. The van der Waals surface area contributed by atoms with E-state index in [2.05, 4.69) is 15.3 Å². The van der Waals surface area contributed by atoms with E-state index in [0.717, 1.165) is 11.3 Å². The number of methoxy groups -OCH3 is 1. The number of benzene rings is 1. The summed E-state index contributed by atoms with van der Waals surface area (Å²) in [4.78, 5) is 18.0. The summed E-state index contributed by atoms with van der Waals surface area (Å²) >= 11 is 0. The number of rotatable bonds is 4. The van der Waals surface area contributed by atoms with E-state index < -0.39 is 5.56 Å². The summed E-state index contributed by atoms with van der Waals surface area (Å²) in [6.45, 7) is 2.01. The van der Waals surface area contributed by atoms with Crippen LogP contribution in [0.25, 0.3) is 0 Å². The average molecular weight is 261 g/mol. The molecule has 1 aromatic heterocycles. The Kier molecular flexibility index (Phi) is 3.70. The van der Waals surface area contributed by atoms with E-state index in [4.69, 9.17) is 4.74 Å². The summed E-state index contributed by atoms with van der Waals surface area (Å²) in [5.74, 6) is 0.841. The molecule has 0 bridgehead atoms. The first kappa shape index (κ1) is 12.9. The van der Waals surface area contributed by atoms with E-state index >= 15 is 0 Å². The Hall–Kier alpha value is -2.50. The molecule has 0 aliphatic heterocycles. The van der Waals surface area contributed by atoms with Crippen LogP contribution >= 0.6 is 0 Å². The highest BCUT2D eigenvalue weighted by molar-refractivity contribution is 5.50. The number of aromatic amines is 1. The lowest BCUT2D eigenvalue weighted by Crippen LogP contribution is -2.16. The number of aryl methyl sites for hydroxylation is 1. The second-order valence-corrected chi connectivity index (χ2v) is 4.05. The van der Waals surface area contributed by atoms with Crippen LogP contribution in [0, 0.1) is 6.92 Å². The summed E-state index contributed by atoms with van der Waals surface area (Å²) < 4.78 is 5.06. The topological polar surface area (TPSA) is 87.2 Å². The third kappa shape index (κ3) is 3.04. The summed E-state index contributed by atoms with van der Waals surface area (Å²) in [5, 5.41) is 12.5. The molecule has 1 heterocycles. The minimum atomic E-state index is -0.390. The molecule has 0 spiro atoms. The van der Waals surface area contributed by atoms with Gasteiger partial charge in [0.15, 0.2) is 5.69 Å². The van der Waals surface area contributed by atoms with Gasteiger partial charge in [-0.1, -0.05) is 12.1 Å². The molecule has 100 valence electrons. The van der Waals surface area contributed by atoms with Crippen molar-refractivity contribution in [2.75, 3.05) is 12.4 Å². The van der Waals surface area contributed by atoms with Gasteiger partial charge in [-0.15, -0.1) is 0 Å². The molecule has 2 aromatic rings. The number of nitrogens with one attached hydrogen (secondary N) is 2. The highest BCUT2D eigenvalue weighted by Crippen LogP contribution is 2.16. The molecule has 1 aromatic carbocycles. The molecule has 6 heteroatoms. The van der Waals surface area contributed by atoms with Gasteiger partial charge in [0.1, 0.15) is 11.6 Å². The third-order valence-corrected chi connectivity index (χ3v) is 2.65. The van der Waals surface area contributed by atoms with E-state index in [-0.39, 0.29) is 11.6 Å². The molecule has 0 unspecified atom stereocenters. The van der Waals surface area contributed by atoms with Crippen LogP contribution in [0.1, 0.15) is 11.4 Å². The maximum atomic E-state index is 11.6. The van der Waals surface area contributed by atoms with Crippen LogP contribution in [0.15, 0.2) is 29.1 Å². The van der Waals surface area contributed by atoms with E-state index in [0.29, 0.717) is 12.4 Å². The van der Waals surface area contributed by atoms with Gasteiger partial charge in [0.25, 0.3) is 5.56 Å². The first-order valence-electron chi connectivity index (χ1n) is 5.77. The van der Waals surface area contributed by atoms with Gasteiger partial charge in [0.2, 0.25) is 5.88 Å². The van der Waals surface area contributed by atoms with Gasteiger partial charge in [0.05, 0.1) is 7.11 Å². The van der Waals surface area contributed by atoms with Crippen LogP contribution < -0.4 is 15.6 Å². The maximum Gasteiger partial charge on any atom is 0.278 e. The lowest BCUT2D eigenvalue weighted by molar-refractivity contribution is 0.414. The standard InChI is InChI=1S/C13H15N3O3/c1-8-15-12(17)11(13(18)16-8)14-7-9-3-5-10(19-2)6-4-9/h3-6,14H,7H2,1-2H3,(H2,15,16,17,18). The molecule has 0 aliphatic rings. The molecule has 3 N–H and O–H groups in total. The van der Waals surface area contributed by atoms with E-state index in [1.54, 1.807) is 14.0 Å². The molecule has 0 atom stereocenters. The van der Waals surface area contributed by atoms with Crippen molar-refractivity contribution in [2.45, 2.75) is 13.5 Å². The fourth-order valence-electron chi connectivity index (χ4n) is 1.66. The molecular weight excluding hydrogens is 246 g/mol. The van der Waals surface area contributed by atoms with E-state index in [9.17, 15) is 9.90 Å². The number of hydrogen-bond acceptors (Lipinski definition) is 5. The summed E-state index contributed by atoms with van der Waals surface area (Å²) in [6, 6.07) is 7.40. The summed E-state index contributed by atoms with van der Waals surface area (Å²) in [5.41, 5.74) is 0.639. The fourth-order valence-corrected chi connectivity index (χ4v) is 1.66. The largest absolute Gasteiger partial charge is 0.497 e. The van der Waals surface area contributed by atoms with Gasteiger partial charge in [-0.05, 0) is 24.6 Å². The van der Waals surface area contributed by atoms with Crippen molar-refractivity contribution in [1.82, 2.24) is 9.97 Å². The molecule has 0 saturated heterocycles. The van der Waals surface area contributed by atoms with Crippen LogP contribution in [-0.2, 0) is 6.54 Å². The predicted molar refractivity (Wildman–Crippen MR) is 71.6 cm³/mol. The van der Waals surface area contributed by atoms with Crippen molar-refractivity contribution in [1.29, 1.82) is 0 Å². The van der Waals surface area contributed by atoms with Gasteiger partial charge >= 0.3 is 0 Å². The number of nitrogens with zero attached hydrogens (tertiary/aromatic N) is 1. The predicted octanol–water partition coefficient (Wildman–Crippen LogP) is 1.40. The number of ether oxygens (including phenoxy) is 1. The second-order valence-electron chi connectivity index (χ2n) is 4.05. The Labute approximate surface area is 110 Å². The smallest absolute Gasteiger partial charge is 0.278 e. The number of hydrogen-bond donors (Lipinski definition) is 3. The Morgan fingerprint density at radius 1 is 1.37 bits per heavy atom. The first-order valence-corrected chi connectivity index (χ1v) is 5.77. The van der Waals surface area contributed by atoms with Gasteiger partial charge in [-0.2, -0.15) is 4.98 Å². The van der Waals surface area contributed by atoms with Crippen LogP contribution in [0.3, 0.4) is 0 Å². The minimum absolute atomic E-state index is 0.0708. The van der Waals surface area contributed by atoms with Crippen molar-refractivity contribution in [3.8, 4) is 11.6 Å². The highest BCUT2D eigenvalue weighted by Gasteiger charge is 2.08. The molecule has 0 fully saturated rings. The van der Waals surface area contributed by atoms with Crippen LogP contribution in [-0.4, -0.2) is 22.2 Å². The van der Waals surface area contributed by atoms with Gasteiger partial charge in [0, 0.05) is 6.54 Å². The quantitative estimate of drug-likeness (QED) is 0.774. The third-order valence-electron chi connectivity index (χ3n) is 2.65. The number of aromatic nitrogens is 2. The fraction of sp³-hybridized carbons (Fsp3) is 0.231. The monoisotopic (exact) mass is 261 g/mol. The zero-order valence-corrected chi connectivity index (χ0v) is 10.7. The Morgan fingerprint density at radius 3 is 2.63 bits per heavy atom. The SMILES string of the molecule is COc1ccc(CNc2c(O)nc(C)[nH]c2=O)cc1.